The van der Waals surface area contributed by atoms with Crippen LogP contribution in [0.25, 0.3) is 0 Å². The molecule has 1 aliphatic heterocycles. The molecule has 2 rings (SSSR count). The van der Waals surface area contributed by atoms with Crippen LogP contribution in [0.3, 0.4) is 0 Å². The van der Waals surface area contributed by atoms with Gasteiger partial charge in [0.05, 0.1) is 0 Å². The predicted molar refractivity (Wildman–Crippen MR) is 60.6 cm³/mol. The van der Waals surface area contributed by atoms with E-state index in [1.165, 1.54) is 25.8 Å². The zero-order valence-electron chi connectivity index (χ0n) is 9.59. The molecule has 1 aliphatic carbocycles. The molecule has 0 aromatic heterocycles. The maximum atomic E-state index is 11.5. The van der Waals surface area contributed by atoms with Crippen LogP contribution in [0.1, 0.15) is 45.4 Å². The van der Waals surface area contributed by atoms with Crippen LogP contribution in [0, 0.1) is 5.92 Å². The minimum absolute atomic E-state index is 0.280. The Kier molecular flexibility index (Phi) is 3.62. The van der Waals surface area contributed by atoms with Gasteiger partial charge in [-0.3, -0.25) is 4.79 Å². The standard InChI is InChI=1S/C12H22N2O/c1-9(14-12(15)10-5-6-10)4-7-11-3-2-8-13-11/h9-11,13H,2-8H2,1H3,(H,14,15). The van der Waals surface area contributed by atoms with Gasteiger partial charge in [0, 0.05) is 18.0 Å². The van der Waals surface area contributed by atoms with Crippen LogP contribution in [0.15, 0.2) is 0 Å². The lowest BCUT2D eigenvalue weighted by molar-refractivity contribution is -0.122. The van der Waals surface area contributed by atoms with Gasteiger partial charge in [-0.15, -0.1) is 0 Å². The second-order valence-electron chi connectivity index (χ2n) is 5.05. The van der Waals surface area contributed by atoms with Gasteiger partial charge in [0.1, 0.15) is 0 Å². The molecule has 15 heavy (non-hydrogen) atoms. The number of hydrogen-bond donors (Lipinski definition) is 2. The summed E-state index contributed by atoms with van der Waals surface area (Å²) in [7, 11) is 0. The molecule has 2 fully saturated rings. The van der Waals surface area contributed by atoms with Crippen LogP contribution in [-0.4, -0.2) is 24.5 Å². The van der Waals surface area contributed by atoms with Gasteiger partial charge in [-0.1, -0.05) is 0 Å². The van der Waals surface area contributed by atoms with Crippen molar-refractivity contribution >= 4 is 5.91 Å². The number of carbonyl (C=O) groups is 1. The van der Waals surface area contributed by atoms with Gasteiger partial charge in [-0.05, 0) is 52.0 Å². The first-order valence-corrected chi connectivity index (χ1v) is 6.29. The summed E-state index contributed by atoms with van der Waals surface area (Å²) < 4.78 is 0. The van der Waals surface area contributed by atoms with Crippen molar-refractivity contribution in [2.45, 2.75) is 57.5 Å². The summed E-state index contributed by atoms with van der Waals surface area (Å²) in [6, 6.07) is 1.05. The summed E-state index contributed by atoms with van der Waals surface area (Å²) in [4.78, 5) is 11.5. The molecule has 3 heteroatoms. The van der Waals surface area contributed by atoms with Gasteiger partial charge in [-0.2, -0.15) is 0 Å². The van der Waals surface area contributed by atoms with Gasteiger partial charge in [0.15, 0.2) is 0 Å². The van der Waals surface area contributed by atoms with E-state index in [1.807, 2.05) is 0 Å². The number of amides is 1. The molecule has 2 unspecified atom stereocenters. The van der Waals surface area contributed by atoms with Crippen LogP contribution < -0.4 is 10.6 Å². The Balaban J connectivity index is 1.58. The van der Waals surface area contributed by atoms with Crippen molar-refractivity contribution in [2.24, 2.45) is 5.92 Å². The number of rotatable bonds is 5. The van der Waals surface area contributed by atoms with Gasteiger partial charge >= 0.3 is 0 Å². The lowest BCUT2D eigenvalue weighted by atomic mass is 10.1. The molecular formula is C12H22N2O. The highest BCUT2D eigenvalue weighted by Gasteiger charge is 2.30. The topological polar surface area (TPSA) is 41.1 Å². The van der Waals surface area contributed by atoms with Crippen LogP contribution in [0.5, 0.6) is 0 Å². The molecule has 3 nitrogen and oxygen atoms in total. The Bertz CT molecular complexity index is 220. The normalized spacial score (nSPS) is 27.7. The second kappa shape index (κ2) is 4.97. The highest BCUT2D eigenvalue weighted by molar-refractivity contribution is 5.81. The van der Waals surface area contributed by atoms with Crippen LogP contribution in [-0.2, 0) is 4.79 Å². The van der Waals surface area contributed by atoms with Crippen molar-refractivity contribution in [1.29, 1.82) is 0 Å². The fourth-order valence-corrected chi connectivity index (χ4v) is 2.23. The van der Waals surface area contributed by atoms with Crippen molar-refractivity contribution in [3.8, 4) is 0 Å². The molecule has 2 N–H and O–H groups in total. The molecule has 0 spiro atoms. The van der Waals surface area contributed by atoms with Gasteiger partial charge in [0.25, 0.3) is 0 Å². The molecule has 0 bridgehead atoms. The van der Waals surface area contributed by atoms with Crippen molar-refractivity contribution in [2.75, 3.05) is 6.54 Å². The third-order valence-electron chi connectivity index (χ3n) is 3.45. The zero-order chi connectivity index (χ0) is 10.7. The Labute approximate surface area is 92.0 Å². The summed E-state index contributed by atoms with van der Waals surface area (Å²) in [5.41, 5.74) is 0. The van der Waals surface area contributed by atoms with Crippen molar-refractivity contribution in [1.82, 2.24) is 10.6 Å². The van der Waals surface area contributed by atoms with E-state index in [9.17, 15) is 4.79 Å². The van der Waals surface area contributed by atoms with Crippen LogP contribution >= 0.6 is 0 Å². The smallest absolute Gasteiger partial charge is 0.223 e. The van der Waals surface area contributed by atoms with Crippen molar-refractivity contribution < 1.29 is 4.79 Å². The van der Waals surface area contributed by atoms with E-state index in [0.29, 0.717) is 18.0 Å². The summed E-state index contributed by atoms with van der Waals surface area (Å²) >= 11 is 0. The van der Waals surface area contributed by atoms with E-state index >= 15 is 0 Å². The maximum absolute atomic E-state index is 11.5. The van der Waals surface area contributed by atoms with Crippen molar-refractivity contribution in [3.05, 3.63) is 0 Å². The summed E-state index contributed by atoms with van der Waals surface area (Å²) in [6.45, 7) is 3.29. The van der Waals surface area contributed by atoms with E-state index in [1.54, 1.807) is 0 Å². The largest absolute Gasteiger partial charge is 0.353 e. The number of hydrogen-bond acceptors (Lipinski definition) is 2. The van der Waals surface area contributed by atoms with E-state index in [-0.39, 0.29) is 5.91 Å². The molecule has 2 atom stereocenters. The second-order valence-corrected chi connectivity index (χ2v) is 5.05. The fraction of sp³-hybridized carbons (Fsp3) is 0.917. The van der Waals surface area contributed by atoms with Gasteiger partial charge in [-0.25, -0.2) is 0 Å². The summed E-state index contributed by atoms with van der Waals surface area (Å²) in [6.07, 6.45) is 7.13. The zero-order valence-corrected chi connectivity index (χ0v) is 9.59. The highest BCUT2D eigenvalue weighted by Crippen LogP contribution is 2.29. The Morgan fingerprint density at radius 1 is 1.47 bits per heavy atom. The SMILES string of the molecule is CC(CCC1CCCN1)NC(=O)C1CC1. The lowest BCUT2D eigenvalue weighted by Gasteiger charge is -2.16. The Morgan fingerprint density at radius 3 is 2.87 bits per heavy atom. The molecular weight excluding hydrogens is 188 g/mol. The van der Waals surface area contributed by atoms with E-state index in [4.69, 9.17) is 0 Å². The first-order valence-electron chi connectivity index (χ1n) is 6.29. The molecule has 1 saturated heterocycles. The number of nitrogens with one attached hydrogen (secondary N) is 2. The first-order chi connectivity index (χ1) is 7.25. The molecule has 86 valence electrons. The first kappa shape index (κ1) is 10.9. The fourth-order valence-electron chi connectivity index (χ4n) is 2.23. The quantitative estimate of drug-likeness (QED) is 0.721. The van der Waals surface area contributed by atoms with Gasteiger partial charge < -0.3 is 10.6 Å². The Morgan fingerprint density at radius 2 is 2.27 bits per heavy atom. The molecule has 1 amide bonds. The van der Waals surface area contributed by atoms with E-state index in [2.05, 4.69) is 17.6 Å². The summed E-state index contributed by atoms with van der Waals surface area (Å²) in [5.74, 6) is 0.624. The van der Waals surface area contributed by atoms with Crippen LogP contribution in [0.2, 0.25) is 0 Å². The van der Waals surface area contributed by atoms with Gasteiger partial charge in [0.2, 0.25) is 5.91 Å². The van der Waals surface area contributed by atoms with E-state index < -0.39 is 0 Å². The average Bonchev–Trinajstić information content (AvgIpc) is 2.93. The minimum atomic E-state index is 0.280. The maximum Gasteiger partial charge on any atom is 0.223 e. The van der Waals surface area contributed by atoms with E-state index in [0.717, 1.165) is 19.3 Å². The molecule has 1 heterocycles. The molecule has 0 aromatic carbocycles. The molecule has 2 aliphatic rings. The predicted octanol–water partition coefficient (Wildman–Crippen LogP) is 1.43. The number of carbonyl (C=O) groups excluding carboxylic acids is 1. The molecule has 1 saturated carbocycles. The third kappa shape index (κ3) is 3.49. The highest BCUT2D eigenvalue weighted by atomic mass is 16.2. The van der Waals surface area contributed by atoms with Crippen LogP contribution in [0.4, 0.5) is 0 Å². The van der Waals surface area contributed by atoms with Crippen molar-refractivity contribution in [3.63, 3.8) is 0 Å². The minimum Gasteiger partial charge on any atom is -0.353 e. The molecule has 0 radical (unpaired) electrons. The monoisotopic (exact) mass is 210 g/mol. The summed E-state index contributed by atoms with van der Waals surface area (Å²) in [5, 5.41) is 6.59. The average molecular weight is 210 g/mol. The Hall–Kier alpha value is -0.570. The third-order valence-corrected chi connectivity index (χ3v) is 3.45. The molecule has 0 aromatic rings. The lowest BCUT2D eigenvalue weighted by Crippen LogP contribution is -2.35.